The fourth-order valence-corrected chi connectivity index (χ4v) is 5.39. The van der Waals surface area contributed by atoms with Crippen LogP contribution in [0.4, 0.5) is 20.6 Å². The summed E-state index contributed by atoms with van der Waals surface area (Å²) in [5.41, 5.74) is 2.05. The molecule has 1 heterocycles. The van der Waals surface area contributed by atoms with Crippen molar-refractivity contribution in [3.05, 3.63) is 84.2 Å². The van der Waals surface area contributed by atoms with E-state index in [1.165, 1.54) is 24.3 Å². The van der Waals surface area contributed by atoms with E-state index in [2.05, 4.69) is 14.9 Å². The number of urea groups is 1. The van der Waals surface area contributed by atoms with Crippen LogP contribution in [0.2, 0.25) is 0 Å². The molecule has 0 atom stereocenters. The fourth-order valence-electron chi connectivity index (χ4n) is 4.83. The minimum absolute atomic E-state index is 0.0232. The standard InChI is InChI=1S/C30H35FN4O6S/c1-42(39,40)33-25-10-14-28(15-11-25)41-27-12-4-22(5-13-27)21-34-19-16-26(17-20-34)35(18-2-3-29(36)37)30(38)32-24-8-6-23(31)7-9-24/h4-15,26,33H,2-3,16-21H2,1H3,(H,32,38)(H,36,37). The Bertz CT molecular complexity index is 1440. The maximum Gasteiger partial charge on any atom is 0.322 e. The molecule has 1 aliphatic heterocycles. The number of nitrogens with one attached hydrogen (secondary N) is 2. The normalized spacial score (nSPS) is 14.2. The van der Waals surface area contributed by atoms with Gasteiger partial charge >= 0.3 is 12.0 Å². The number of benzene rings is 3. The number of piperidine rings is 1. The van der Waals surface area contributed by atoms with Gasteiger partial charge in [0.2, 0.25) is 10.0 Å². The number of halogens is 1. The Morgan fingerprint density at radius 3 is 2.10 bits per heavy atom. The number of nitrogens with zero attached hydrogens (tertiary/aromatic N) is 2. The molecule has 10 nitrogen and oxygen atoms in total. The number of ether oxygens (including phenoxy) is 1. The molecule has 0 bridgehead atoms. The predicted octanol–water partition coefficient (Wildman–Crippen LogP) is 5.35. The van der Waals surface area contributed by atoms with Crippen molar-refractivity contribution >= 4 is 33.4 Å². The van der Waals surface area contributed by atoms with Crippen LogP contribution in [0, 0.1) is 5.82 Å². The first-order chi connectivity index (χ1) is 20.0. The fraction of sp³-hybridized carbons (Fsp3) is 0.333. The molecular formula is C30H35FN4O6S. The number of aliphatic carboxylic acids is 1. The molecule has 3 aromatic rings. The monoisotopic (exact) mass is 598 g/mol. The van der Waals surface area contributed by atoms with Crippen molar-refractivity contribution in [1.82, 2.24) is 9.80 Å². The quantitative estimate of drug-likeness (QED) is 0.256. The summed E-state index contributed by atoms with van der Waals surface area (Å²) in [6.07, 6.45) is 2.91. The van der Waals surface area contributed by atoms with Gasteiger partial charge in [0.1, 0.15) is 17.3 Å². The Labute approximate surface area is 245 Å². The van der Waals surface area contributed by atoms with Crippen LogP contribution in [0.3, 0.4) is 0 Å². The van der Waals surface area contributed by atoms with Gasteiger partial charge in [-0.25, -0.2) is 17.6 Å². The average Bonchev–Trinajstić information content (AvgIpc) is 2.94. The molecule has 224 valence electrons. The molecule has 1 fully saturated rings. The summed E-state index contributed by atoms with van der Waals surface area (Å²) in [7, 11) is -3.34. The van der Waals surface area contributed by atoms with Crippen LogP contribution in [-0.2, 0) is 21.4 Å². The largest absolute Gasteiger partial charge is 0.481 e. The van der Waals surface area contributed by atoms with Crippen molar-refractivity contribution in [3.63, 3.8) is 0 Å². The Hall–Kier alpha value is -4.16. The van der Waals surface area contributed by atoms with Gasteiger partial charge in [-0.3, -0.25) is 14.4 Å². The summed E-state index contributed by atoms with van der Waals surface area (Å²) < 4.78 is 44.3. The molecule has 3 N–H and O–H groups in total. The SMILES string of the molecule is CS(=O)(=O)Nc1ccc(Oc2ccc(CN3CCC(N(CCCC(=O)O)C(=O)Nc4ccc(F)cc4)CC3)cc2)cc1. The lowest BCUT2D eigenvalue weighted by atomic mass is 10.0. The summed E-state index contributed by atoms with van der Waals surface area (Å²) in [6.45, 7) is 2.61. The number of carboxylic acids is 1. The number of sulfonamides is 1. The topological polar surface area (TPSA) is 128 Å². The van der Waals surface area contributed by atoms with E-state index in [4.69, 9.17) is 9.84 Å². The van der Waals surface area contributed by atoms with Crippen molar-refractivity contribution in [2.45, 2.75) is 38.3 Å². The molecular weight excluding hydrogens is 563 g/mol. The number of anilines is 2. The predicted molar refractivity (Wildman–Crippen MR) is 159 cm³/mol. The maximum absolute atomic E-state index is 13.3. The van der Waals surface area contributed by atoms with Gasteiger partial charge < -0.3 is 20.1 Å². The molecule has 0 unspecified atom stereocenters. The number of amides is 2. The molecule has 3 aromatic carbocycles. The van der Waals surface area contributed by atoms with Gasteiger partial charge in [0, 0.05) is 50.0 Å². The first-order valence-electron chi connectivity index (χ1n) is 13.7. The van der Waals surface area contributed by atoms with Crippen LogP contribution in [0.15, 0.2) is 72.8 Å². The van der Waals surface area contributed by atoms with E-state index in [1.807, 2.05) is 24.3 Å². The average molecular weight is 599 g/mol. The molecule has 0 saturated carbocycles. The third-order valence-electron chi connectivity index (χ3n) is 6.87. The van der Waals surface area contributed by atoms with E-state index in [9.17, 15) is 22.4 Å². The number of carbonyl (C=O) groups excluding carboxylic acids is 1. The summed E-state index contributed by atoms with van der Waals surface area (Å²) in [5, 5.41) is 11.9. The lowest BCUT2D eigenvalue weighted by molar-refractivity contribution is -0.137. The van der Waals surface area contributed by atoms with Crippen molar-refractivity contribution < 1.29 is 32.2 Å². The van der Waals surface area contributed by atoms with E-state index in [0.29, 0.717) is 35.8 Å². The minimum Gasteiger partial charge on any atom is -0.481 e. The van der Waals surface area contributed by atoms with Crippen LogP contribution < -0.4 is 14.8 Å². The van der Waals surface area contributed by atoms with Crippen LogP contribution >= 0.6 is 0 Å². The summed E-state index contributed by atoms with van der Waals surface area (Å²) in [5.74, 6) is -0.0532. The summed E-state index contributed by atoms with van der Waals surface area (Å²) in [4.78, 5) is 28.2. The number of carbonyl (C=O) groups is 2. The Morgan fingerprint density at radius 1 is 0.952 bits per heavy atom. The summed E-state index contributed by atoms with van der Waals surface area (Å²) in [6, 6.07) is 19.6. The first kappa shape index (κ1) is 30.8. The van der Waals surface area contributed by atoms with Crippen molar-refractivity contribution in [2.75, 3.05) is 35.9 Å². The van der Waals surface area contributed by atoms with Gasteiger partial charge in [-0.2, -0.15) is 0 Å². The number of hydrogen-bond donors (Lipinski definition) is 3. The Balaban J connectivity index is 1.29. The second kappa shape index (κ2) is 14.1. The van der Waals surface area contributed by atoms with Gasteiger partial charge in [-0.05, 0) is 85.5 Å². The van der Waals surface area contributed by atoms with Crippen LogP contribution in [0.25, 0.3) is 0 Å². The highest BCUT2D eigenvalue weighted by Crippen LogP contribution is 2.25. The molecule has 0 spiro atoms. The molecule has 2 amide bonds. The second-order valence-electron chi connectivity index (χ2n) is 10.3. The van der Waals surface area contributed by atoms with E-state index in [1.54, 1.807) is 29.2 Å². The lowest BCUT2D eigenvalue weighted by Crippen LogP contribution is -2.49. The van der Waals surface area contributed by atoms with E-state index >= 15 is 0 Å². The molecule has 4 rings (SSSR count). The van der Waals surface area contributed by atoms with Crippen LogP contribution in [0.1, 0.15) is 31.2 Å². The van der Waals surface area contributed by atoms with Gasteiger partial charge in [0.15, 0.2) is 0 Å². The zero-order valence-electron chi connectivity index (χ0n) is 23.3. The van der Waals surface area contributed by atoms with Gasteiger partial charge in [-0.15, -0.1) is 0 Å². The highest BCUT2D eigenvalue weighted by Gasteiger charge is 2.28. The highest BCUT2D eigenvalue weighted by atomic mass is 32.2. The first-order valence-corrected chi connectivity index (χ1v) is 15.6. The second-order valence-corrected chi connectivity index (χ2v) is 12.0. The maximum atomic E-state index is 13.3. The number of carboxylic acid groups (broad SMARTS) is 1. The Kier molecular flexibility index (Phi) is 10.4. The van der Waals surface area contributed by atoms with Crippen molar-refractivity contribution in [2.24, 2.45) is 0 Å². The highest BCUT2D eigenvalue weighted by molar-refractivity contribution is 7.92. The molecule has 0 aliphatic carbocycles. The van der Waals surface area contributed by atoms with Crippen molar-refractivity contribution in [1.29, 1.82) is 0 Å². The molecule has 0 radical (unpaired) electrons. The smallest absolute Gasteiger partial charge is 0.322 e. The third kappa shape index (κ3) is 9.74. The van der Waals surface area contributed by atoms with Crippen LogP contribution in [-0.4, -0.2) is 67.3 Å². The van der Waals surface area contributed by atoms with E-state index in [0.717, 1.165) is 44.3 Å². The van der Waals surface area contributed by atoms with Gasteiger partial charge in [-0.1, -0.05) is 12.1 Å². The van der Waals surface area contributed by atoms with Gasteiger partial charge in [0.25, 0.3) is 0 Å². The lowest BCUT2D eigenvalue weighted by Gasteiger charge is -2.38. The molecule has 0 aromatic heterocycles. The minimum atomic E-state index is -3.34. The van der Waals surface area contributed by atoms with E-state index in [-0.39, 0.29) is 18.5 Å². The summed E-state index contributed by atoms with van der Waals surface area (Å²) >= 11 is 0. The zero-order chi connectivity index (χ0) is 30.1. The zero-order valence-corrected chi connectivity index (χ0v) is 24.1. The molecule has 12 heteroatoms. The molecule has 42 heavy (non-hydrogen) atoms. The molecule has 1 saturated heterocycles. The molecule has 1 aliphatic rings. The van der Waals surface area contributed by atoms with Gasteiger partial charge in [0.05, 0.1) is 6.26 Å². The van der Waals surface area contributed by atoms with E-state index < -0.39 is 21.8 Å². The number of likely N-dealkylation sites (tertiary alicyclic amines) is 1. The number of hydrogen-bond acceptors (Lipinski definition) is 6. The number of rotatable bonds is 12. The Morgan fingerprint density at radius 2 is 1.52 bits per heavy atom. The van der Waals surface area contributed by atoms with Crippen molar-refractivity contribution in [3.8, 4) is 11.5 Å². The van der Waals surface area contributed by atoms with Crippen LogP contribution in [0.5, 0.6) is 11.5 Å². The third-order valence-corrected chi connectivity index (χ3v) is 7.47.